The first-order chi connectivity index (χ1) is 10.0. The molecule has 1 aliphatic heterocycles. The number of carboxylic acids is 1. The first-order valence-electron chi connectivity index (χ1n) is 6.89. The van der Waals surface area contributed by atoms with Gasteiger partial charge in [0.25, 0.3) is 5.91 Å². The fraction of sp³-hybridized carbons (Fsp3) is 0.467. The molecule has 2 atom stereocenters. The third-order valence-corrected chi connectivity index (χ3v) is 3.30. The largest absolute Gasteiger partial charge is 0.484 e. The number of nitrogens with one attached hydrogen (secondary N) is 1. The van der Waals surface area contributed by atoms with Crippen LogP contribution in [0, 0.1) is 6.92 Å². The summed E-state index contributed by atoms with van der Waals surface area (Å²) in [5, 5.41) is 11.5. The molecule has 1 aliphatic rings. The third-order valence-electron chi connectivity index (χ3n) is 3.30. The summed E-state index contributed by atoms with van der Waals surface area (Å²) in [7, 11) is 0. The third kappa shape index (κ3) is 4.75. The predicted octanol–water partition coefficient (Wildman–Crippen LogP) is 1.12. The highest BCUT2D eigenvalue weighted by atomic mass is 16.5. The molecule has 0 spiro atoms. The second-order valence-electron chi connectivity index (χ2n) is 5.07. The summed E-state index contributed by atoms with van der Waals surface area (Å²) in [5.41, 5.74) is 1.12. The number of rotatable bonds is 6. The minimum absolute atomic E-state index is 0.0713. The molecule has 0 radical (unpaired) electrons. The van der Waals surface area contributed by atoms with Crippen LogP contribution < -0.4 is 10.1 Å². The van der Waals surface area contributed by atoms with Gasteiger partial charge < -0.3 is 19.9 Å². The molecule has 114 valence electrons. The van der Waals surface area contributed by atoms with Gasteiger partial charge in [-0.25, -0.2) is 4.79 Å². The maximum atomic E-state index is 11.6. The van der Waals surface area contributed by atoms with Crippen molar-refractivity contribution in [2.24, 2.45) is 0 Å². The van der Waals surface area contributed by atoms with Crippen LogP contribution in [0.1, 0.15) is 18.4 Å². The molecule has 6 nitrogen and oxygen atoms in total. The molecule has 0 aliphatic carbocycles. The van der Waals surface area contributed by atoms with Crippen molar-refractivity contribution in [1.29, 1.82) is 0 Å². The molecule has 1 aromatic rings. The Kier molecular flexibility index (Phi) is 5.16. The van der Waals surface area contributed by atoms with E-state index in [2.05, 4.69) is 5.32 Å². The topological polar surface area (TPSA) is 84.9 Å². The molecule has 1 fully saturated rings. The Hall–Kier alpha value is -2.08. The molecule has 2 unspecified atom stereocenters. The van der Waals surface area contributed by atoms with Crippen LogP contribution in [0.2, 0.25) is 0 Å². The van der Waals surface area contributed by atoms with Crippen LogP contribution in [0.5, 0.6) is 5.75 Å². The molecule has 0 bridgehead atoms. The van der Waals surface area contributed by atoms with Gasteiger partial charge in [-0.2, -0.15) is 0 Å². The number of hydrogen-bond acceptors (Lipinski definition) is 4. The van der Waals surface area contributed by atoms with E-state index < -0.39 is 12.1 Å². The fourth-order valence-corrected chi connectivity index (χ4v) is 2.10. The van der Waals surface area contributed by atoms with Crippen LogP contribution in [0.25, 0.3) is 0 Å². The van der Waals surface area contributed by atoms with Crippen molar-refractivity contribution < 1.29 is 24.2 Å². The van der Waals surface area contributed by atoms with Gasteiger partial charge in [0.1, 0.15) is 5.75 Å². The maximum Gasteiger partial charge on any atom is 0.332 e. The number of aryl methyl sites for hydroxylation is 1. The van der Waals surface area contributed by atoms with Crippen LogP contribution >= 0.6 is 0 Å². The van der Waals surface area contributed by atoms with E-state index in [0.29, 0.717) is 25.1 Å². The van der Waals surface area contributed by atoms with Gasteiger partial charge in [-0.15, -0.1) is 0 Å². The number of carboxylic acid groups (broad SMARTS) is 1. The highest BCUT2D eigenvalue weighted by Crippen LogP contribution is 2.19. The van der Waals surface area contributed by atoms with E-state index in [9.17, 15) is 9.59 Å². The lowest BCUT2D eigenvalue weighted by Crippen LogP contribution is -2.35. The van der Waals surface area contributed by atoms with E-state index >= 15 is 0 Å². The summed E-state index contributed by atoms with van der Waals surface area (Å²) < 4.78 is 10.6. The van der Waals surface area contributed by atoms with Gasteiger partial charge in [0.15, 0.2) is 12.7 Å². The summed E-state index contributed by atoms with van der Waals surface area (Å²) >= 11 is 0. The van der Waals surface area contributed by atoms with Crippen molar-refractivity contribution in [2.45, 2.75) is 32.0 Å². The van der Waals surface area contributed by atoms with Crippen LogP contribution in [0.15, 0.2) is 24.3 Å². The van der Waals surface area contributed by atoms with E-state index in [0.717, 1.165) is 5.56 Å². The molecule has 0 saturated carbocycles. The molecule has 6 heteroatoms. The standard InChI is InChI=1S/C15H19NO5/c1-10-2-4-11(5-3-10)20-9-14(17)16-8-12-6-7-13(21-12)15(18)19/h2-5,12-13H,6-9H2,1H3,(H,16,17)(H,18,19). The van der Waals surface area contributed by atoms with E-state index in [1.54, 1.807) is 12.1 Å². The molecule has 1 heterocycles. The summed E-state index contributed by atoms with van der Waals surface area (Å²) in [5.74, 6) is -0.566. The Morgan fingerprint density at radius 1 is 1.33 bits per heavy atom. The van der Waals surface area contributed by atoms with Crippen molar-refractivity contribution in [3.63, 3.8) is 0 Å². The SMILES string of the molecule is Cc1ccc(OCC(=O)NCC2CCC(C(=O)O)O2)cc1. The molecule has 1 saturated heterocycles. The van der Waals surface area contributed by atoms with Gasteiger partial charge in [0, 0.05) is 6.54 Å². The second-order valence-corrected chi connectivity index (χ2v) is 5.07. The minimum atomic E-state index is -0.952. The van der Waals surface area contributed by atoms with Crippen LogP contribution in [0.3, 0.4) is 0 Å². The predicted molar refractivity (Wildman–Crippen MR) is 75.2 cm³/mol. The smallest absolute Gasteiger partial charge is 0.332 e. The van der Waals surface area contributed by atoms with Gasteiger partial charge in [-0.1, -0.05) is 17.7 Å². The second kappa shape index (κ2) is 7.08. The molecule has 0 aromatic heterocycles. The molecule has 1 aromatic carbocycles. The zero-order valence-electron chi connectivity index (χ0n) is 11.9. The average molecular weight is 293 g/mol. The van der Waals surface area contributed by atoms with Gasteiger partial charge in [-0.05, 0) is 31.9 Å². The number of amides is 1. The van der Waals surface area contributed by atoms with Crippen molar-refractivity contribution in [3.05, 3.63) is 29.8 Å². The summed E-state index contributed by atoms with van der Waals surface area (Å²) in [6.45, 7) is 2.21. The number of benzene rings is 1. The lowest BCUT2D eigenvalue weighted by Gasteiger charge is -2.12. The van der Waals surface area contributed by atoms with Crippen molar-refractivity contribution >= 4 is 11.9 Å². The van der Waals surface area contributed by atoms with Crippen LogP contribution in [-0.4, -0.2) is 42.3 Å². The number of carbonyl (C=O) groups is 2. The number of aliphatic carboxylic acids is 1. The molecule has 21 heavy (non-hydrogen) atoms. The van der Waals surface area contributed by atoms with Crippen molar-refractivity contribution in [2.75, 3.05) is 13.2 Å². The minimum Gasteiger partial charge on any atom is -0.484 e. The fourth-order valence-electron chi connectivity index (χ4n) is 2.10. The zero-order chi connectivity index (χ0) is 15.2. The monoisotopic (exact) mass is 293 g/mol. The highest BCUT2D eigenvalue weighted by Gasteiger charge is 2.30. The molecule has 2 rings (SSSR count). The Morgan fingerprint density at radius 2 is 2.05 bits per heavy atom. The Bertz CT molecular complexity index is 499. The van der Waals surface area contributed by atoms with E-state index in [4.69, 9.17) is 14.6 Å². The van der Waals surface area contributed by atoms with Crippen molar-refractivity contribution in [3.8, 4) is 5.75 Å². The van der Waals surface area contributed by atoms with E-state index in [-0.39, 0.29) is 18.6 Å². The van der Waals surface area contributed by atoms with Crippen LogP contribution in [0.4, 0.5) is 0 Å². The summed E-state index contributed by atoms with van der Waals surface area (Å²) in [6.07, 6.45) is 0.122. The number of carbonyl (C=O) groups excluding carboxylic acids is 1. The van der Waals surface area contributed by atoms with Gasteiger partial charge in [0.05, 0.1) is 6.10 Å². The Morgan fingerprint density at radius 3 is 2.67 bits per heavy atom. The highest BCUT2D eigenvalue weighted by molar-refractivity contribution is 5.77. The van der Waals surface area contributed by atoms with Gasteiger partial charge >= 0.3 is 5.97 Å². The Labute approximate surface area is 123 Å². The lowest BCUT2D eigenvalue weighted by molar-refractivity contribution is -0.149. The first kappa shape index (κ1) is 15.3. The average Bonchev–Trinajstić information content (AvgIpc) is 2.93. The number of hydrogen-bond donors (Lipinski definition) is 2. The first-order valence-corrected chi connectivity index (χ1v) is 6.89. The normalized spacial score (nSPS) is 21.0. The Balaban J connectivity index is 1.66. The molecular formula is C15H19NO5. The summed E-state index contributed by atoms with van der Waals surface area (Å²) in [6, 6.07) is 7.43. The maximum absolute atomic E-state index is 11.6. The zero-order valence-corrected chi connectivity index (χ0v) is 11.9. The van der Waals surface area contributed by atoms with Crippen molar-refractivity contribution in [1.82, 2.24) is 5.32 Å². The molecule has 2 N–H and O–H groups in total. The van der Waals surface area contributed by atoms with E-state index in [1.807, 2.05) is 19.1 Å². The quantitative estimate of drug-likeness (QED) is 0.821. The van der Waals surface area contributed by atoms with Gasteiger partial charge in [0.2, 0.25) is 0 Å². The van der Waals surface area contributed by atoms with E-state index in [1.165, 1.54) is 0 Å². The lowest BCUT2D eigenvalue weighted by atomic mass is 10.2. The number of ether oxygens (including phenoxy) is 2. The van der Waals surface area contributed by atoms with Crippen LogP contribution in [-0.2, 0) is 14.3 Å². The molecular weight excluding hydrogens is 274 g/mol. The molecule has 1 amide bonds. The summed E-state index contributed by atoms with van der Waals surface area (Å²) in [4.78, 5) is 22.4. The van der Waals surface area contributed by atoms with Gasteiger partial charge in [-0.3, -0.25) is 4.79 Å².